The molecule has 0 aliphatic heterocycles. The Kier molecular flexibility index (Phi) is 8.83. The molecule has 0 aromatic carbocycles. The van der Waals surface area contributed by atoms with Crippen LogP contribution in [0.3, 0.4) is 0 Å². The molecular weight excluding hydrogens is 198 g/mol. The predicted octanol–water partition coefficient (Wildman–Crippen LogP) is 1.07. The average Bonchev–Trinajstić information content (AvgIpc) is 1.82. The summed E-state index contributed by atoms with van der Waals surface area (Å²) in [5.41, 5.74) is 0. The third-order valence-corrected chi connectivity index (χ3v) is 1.90. The van der Waals surface area contributed by atoms with Crippen molar-refractivity contribution in [3.63, 3.8) is 0 Å². The van der Waals surface area contributed by atoms with Gasteiger partial charge in [-0.05, 0) is 6.42 Å². The molecule has 4 heteroatoms. The Morgan fingerprint density at radius 2 is 2.20 bits per heavy atom. The Labute approximate surface area is 69.5 Å². The van der Waals surface area contributed by atoms with Crippen molar-refractivity contribution in [2.45, 2.75) is 31.0 Å². The first-order valence-electron chi connectivity index (χ1n) is 3.03. The van der Waals surface area contributed by atoms with Crippen LogP contribution in [0.2, 0.25) is 0 Å². The molecule has 62 valence electrons. The number of carbonyl (C=O) groups is 1. The quantitative estimate of drug-likeness (QED) is 0.707. The third kappa shape index (κ3) is 6.04. The molecule has 0 fully saturated rings. The van der Waals surface area contributed by atoms with Gasteiger partial charge in [-0.25, -0.2) is 0 Å². The number of hydrogen-bond donors (Lipinski definition) is 1. The van der Waals surface area contributed by atoms with Gasteiger partial charge in [0.05, 0.1) is 10.8 Å². The number of carboxylic acids is 1. The fraction of sp³-hybridized carbons (Fsp3) is 0.833. The van der Waals surface area contributed by atoms with Gasteiger partial charge in [0, 0.05) is 0 Å². The van der Waals surface area contributed by atoms with E-state index in [0.717, 1.165) is 12.8 Å². The van der Waals surface area contributed by atoms with Crippen LogP contribution in [-0.4, -0.2) is 10.8 Å². The second-order valence-electron chi connectivity index (χ2n) is 1.93. The van der Waals surface area contributed by atoms with Crippen molar-refractivity contribution in [2.24, 2.45) is 0 Å². The largest absolute Gasteiger partial charge is 0.549 e. The van der Waals surface area contributed by atoms with Crippen LogP contribution in [-0.2, 0) is 4.79 Å². The molecule has 0 rings (SSSR count). The summed E-state index contributed by atoms with van der Waals surface area (Å²) in [7, 11) is 0. The summed E-state index contributed by atoms with van der Waals surface area (Å²) in [6.45, 7) is 2.02. The zero-order chi connectivity index (χ0) is 7.28. The van der Waals surface area contributed by atoms with Crippen LogP contribution in [0.5, 0.6) is 0 Å². The Hall–Kier alpha value is -0.0900. The van der Waals surface area contributed by atoms with Crippen LogP contribution >= 0.6 is 15.9 Å². The van der Waals surface area contributed by atoms with Gasteiger partial charge in [0.15, 0.2) is 0 Å². The lowest BCUT2D eigenvalue weighted by Gasteiger charge is -2.08. The number of aliphatic carboxylic acids is 1. The van der Waals surface area contributed by atoms with E-state index < -0.39 is 10.8 Å². The highest BCUT2D eigenvalue weighted by Crippen LogP contribution is 2.07. The van der Waals surface area contributed by atoms with Gasteiger partial charge in [-0.3, -0.25) is 0 Å². The lowest BCUT2D eigenvalue weighted by atomic mass is 10.2. The SMILES string of the molecule is CCCCC(Br)C(=O)[O-].[NH4+]. The fourth-order valence-electron chi connectivity index (χ4n) is 0.501. The summed E-state index contributed by atoms with van der Waals surface area (Å²) in [4.78, 5) is 9.59. The summed E-state index contributed by atoms with van der Waals surface area (Å²) in [5.74, 6) is -1.01. The minimum atomic E-state index is -1.01. The van der Waals surface area contributed by atoms with Crippen LogP contribution in [0.4, 0.5) is 0 Å². The summed E-state index contributed by atoms with van der Waals surface area (Å²) >= 11 is 2.98. The number of quaternary nitrogens is 1. The predicted molar refractivity (Wildman–Crippen MR) is 43.2 cm³/mol. The minimum absolute atomic E-state index is 0. The van der Waals surface area contributed by atoms with Gasteiger partial charge >= 0.3 is 0 Å². The van der Waals surface area contributed by atoms with Gasteiger partial charge in [0.25, 0.3) is 0 Å². The van der Waals surface area contributed by atoms with Gasteiger partial charge in [-0.2, -0.15) is 0 Å². The molecule has 0 bridgehead atoms. The van der Waals surface area contributed by atoms with Crippen LogP contribution in [0.15, 0.2) is 0 Å². The first-order chi connectivity index (χ1) is 4.18. The van der Waals surface area contributed by atoms with Crippen molar-refractivity contribution in [1.82, 2.24) is 6.15 Å². The molecule has 1 unspecified atom stereocenters. The van der Waals surface area contributed by atoms with Crippen molar-refractivity contribution >= 4 is 21.9 Å². The third-order valence-electron chi connectivity index (χ3n) is 1.07. The maximum absolute atomic E-state index is 10.0. The van der Waals surface area contributed by atoms with Crippen molar-refractivity contribution in [2.75, 3.05) is 0 Å². The Bertz CT molecular complexity index is 97.7. The fourth-order valence-corrected chi connectivity index (χ4v) is 0.825. The lowest BCUT2D eigenvalue weighted by Crippen LogP contribution is -2.31. The smallest absolute Gasteiger partial charge is 0.0551 e. The second-order valence-corrected chi connectivity index (χ2v) is 3.03. The summed E-state index contributed by atoms with van der Waals surface area (Å²) < 4.78 is 0. The van der Waals surface area contributed by atoms with Gasteiger partial charge in [-0.15, -0.1) is 0 Å². The summed E-state index contributed by atoms with van der Waals surface area (Å²) in [6.07, 6.45) is 2.62. The summed E-state index contributed by atoms with van der Waals surface area (Å²) in [5, 5.41) is 10.0. The molecule has 0 saturated heterocycles. The van der Waals surface area contributed by atoms with Crippen molar-refractivity contribution in [1.29, 1.82) is 0 Å². The van der Waals surface area contributed by atoms with E-state index in [1.807, 2.05) is 6.92 Å². The molecule has 0 heterocycles. The molecule has 0 spiro atoms. The van der Waals surface area contributed by atoms with E-state index in [1.54, 1.807) is 0 Å². The van der Waals surface area contributed by atoms with Crippen LogP contribution in [0.25, 0.3) is 0 Å². The number of unbranched alkanes of at least 4 members (excludes halogenated alkanes) is 1. The minimum Gasteiger partial charge on any atom is -0.549 e. The molecule has 1 atom stereocenters. The molecule has 0 saturated carbocycles. The molecule has 0 aliphatic rings. The second kappa shape index (κ2) is 7.02. The topological polar surface area (TPSA) is 76.6 Å². The number of carboxylic acid groups (broad SMARTS) is 1. The highest BCUT2D eigenvalue weighted by molar-refractivity contribution is 9.10. The summed E-state index contributed by atoms with van der Waals surface area (Å²) in [6, 6.07) is 0. The molecule has 0 amide bonds. The van der Waals surface area contributed by atoms with E-state index in [-0.39, 0.29) is 6.15 Å². The van der Waals surface area contributed by atoms with E-state index in [2.05, 4.69) is 15.9 Å². The van der Waals surface area contributed by atoms with Gasteiger partial charge in [0.1, 0.15) is 0 Å². The average molecular weight is 212 g/mol. The van der Waals surface area contributed by atoms with E-state index in [4.69, 9.17) is 0 Å². The molecule has 0 aromatic rings. The number of hydrogen-bond acceptors (Lipinski definition) is 2. The van der Waals surface area contributed by atoms with Crippen LogP contribution in [0, 0.1) is 0 Å². The van der Waals surface area contributed by atoms with Gasteiger partial charge in [-0.1, -0.05) is 35.7 Å². The molecule has 4 N–H and O–H groups in total. The first kappa shape index (κ1) is 12.6. The van der Waals surface area contributed by atoms with Gasteiger partial charge < -0.3 is 16.1 Å². The van der Waals surface area contributed by atoms with E-state index in [9.17, 15) is 9.90 Å². The Balaban J connectivity index is 0. The maximum Gasteiger partial charge on any atom is 0.0551 e. The zero-order valence-electron chi connectivity index (χ0n) is 6.39. The molecule has 0 radical (unpaired) electrons. The van der Waals surface area contributed by atoms with Crippen LogP contribution < -0.4 is 11.3 Å². The van der Waals surface area contributed by atoms with Crippen molar-refractivity contribution in [3.8, 4) is 0 Å². The number of rotatable bonds is 4. The molecule has 0 aromatic heterocycles. The first-order valence-corrected chi connectivity index (χ1v) is 3.95. The Morgan fingerprint density at radius 1 is 1.70 bits per heavy atom. The van der Waals surface area contributed by atoms with E-state index >= 15 is 0 Å². The highest BCUT2D eigenvalue weighted by Gasteiger charge is 2.01. The molecular formula is C6H14BrNO2. The number of alkyl halides is 1. The van der Waals surface area contributed by atoms with Crippen molar-refractivity contribution < 1.29 is 9.90 Å². The maximum atomic E-state index is 10.0. The van der Waals surface area contributed by atoms with Gasteiger partial charge in [0.2, 0.25) is 0 Å². The van der Waals surface area contributed by atoms with E-state index in [0.29, 0.717) is 6.42 Å². The zero-order valence-corrected chi connectivity index (χ0v) is 7.98. The molecule has 3 nitrogen and oxygen atoms in total. The molecule has 10 heavy (non-hydrogen) atoms. The highest BCUT2D eigenvalue weighted by atomic mass is 79.9. The lowest BCUT2D eigenvalue weighted by molar-refractivity contribution is -0.304. The van der Waals surface area contributed by atoms with Crippen LogP contribution in [0.1, 0.15) is 26.2 Å². The standard InChI is InChI=1S/C6H11BrO2.H3N/c1-2-3-4-5(7)6(8)9;/h5H,2-4H2,1H3,(H,8,9);1H3. The monoisotopic (exact) mass is 211 g/mol. The Morgan fingerprint density at radius 3 is 2.50 bits per heavy atom. The van der Waals surface area contributed by atoms with E-state index in [1.165, 1.54) is 0 Å². The number of carbonyl (C=O) groups excluding carboxylic acids is 1. The van der Waals surface area contributed by atoms with Crippen molar-refractivity contribution in [3.05, 3.63) is 0 Å². The number of halogens is 1. The normalized spacial score (nSPS) is 11.8. The molecule has 0 aliphatic carbocycles.